The van der Waals surface area contributed by atoms with Gasteiger partial charge in [0.05, 0.1) is 15.9 Å². The molecule has 13 heavy (non-hydrogen) atoms. The molecule has 0 aliphatic carbocycles. The molecule has 1 nitrogen and oxygen atoms in total. The predicted molar refractivity (Wildman–Crippen MR) is 55.1 cm³/mol. The van der Waals surface area contributed by atoms with Gasteiger partial charge in [0.2, 0.25) is 0 Å². The summed E-state index contributed by atoms with van der Waals surface area (Å²) in [6.45, 7) is 0. The van der Waals surface area contributed by atoms with Gasteiger partial charge in [-0.25, -0.2) is 0 Å². The average Bonchev–Trinajstić information content (AvgIpc) is 2.20. The van der Waals surface area contributed by atoms with E-state index < -0.39 is 0 Å². The lowest BCUT2D eigenvalue weighted by Gasteiger charge is -2.03. The molecule has 0 saturated heterocycles. The molecule has 0 bridgehead atoms. The van der Waals surface area contributed by atoms with Crippen molar-refractivity contribution in [1.82, 2.24) is 4.98 Å². The van der Waals surface area contributed by atoms with Gasteiger partial charge in [-0.3, -0.25) is 4.98 Å². The molecule has 0 spiro atoms. The highest BCUT2D eigenvalue weighted by Crippen LogP contribution is 2.11. The van der Waals surface area contributed by atoms with Crippen molar-refractivity contribution in [2.75, 3.05) is 0 Å². The van der Waals surface area contributed by atoms with Crippen LogP contribution < -0.4 is 5.19 Å². The van der Waals surface area contributed by atoms with Crippen molar-refractivity contribution in [3.8, 4) is 11.3 Å². The Morgan fingerprint density at radius 2 is 1.69 bits per heavy atom. The SMILES string of the molecule is [Si]c1ccccc1-c1ccccn1. The molecule has 0 atom stereocenters. The highest BCUT2D eigenvalue weighted by molar-refractivity contribution is 6.35. The number of nitrogens with zero attached hydrogens (tertiary/aromatic N) is 1. The van der Waals surface area contributed by atoms with Crippen molar-refractivity contribution in [1.29, 1.82) is 0 Å². The fourth-order valence-corrected chi connectivity index (χ4v) is 1.54. The molecule has 0 amide bonds. The minimum absolute atomic E-state index is 0.994. The Bertz CT molecular complexity index is 398. The fourth-order valence-electron chi connectivity index (χ4n) is 1.23. The molecule has 0 unspecified atom stereocenters. The molecule has 2 aromatic rings. The zero-order valence-corrected chi connectivity index (χ0v) is 8.07. The van der Waals surface area contributed by atoms with Crippen LogP contribution in [0.1, 0.15) is 0 Å². The monoisotopic (exact) mass is 182 g/mol. The van der Waals surface area contributed by atoms with Crippen molar-refractivity contribution >= 4 is 15.4 Å². The van der Waals surface area contributed by atoms with E-state index in [9.17, 15) is 0 Å². The van der Waals surface area contributed by atoms with Crippen LogP contribution in [0.25, 0.3) is 11.3 Å². The number of pyridine rings is 1. The molecule has 1 aromatic heterocycles. The number of hydrogen-bond donors (Lipinski definition) is 0. The first-order chi connectivity index (χ1) is 6.38. The van der Waals surface area contributed by atoms with E-state index in [1.807, 2.05) is 42.5 Å². The van der Waals surface area contributed by atoms with Crippen molar-refractivity contribution in [3.05, 3.63) is 48.7 Å². The molecule has 0 fully saturated rings. The van der Waals surface area contributed by atoms with Gasteiger partial charge in [-0.2, -0.15) is 0 Å². The third-order valence-corrected chi connectivity index (χ3v) is 2.30. The van der Waals surface area contributed by atoms with Crippen LogP contribution in [-0.4, -0.2) is 15.2 Å². The van der Waals surface area contributed by atoms with E-state index >= 15 is 0 Å². The van der Waals surface area contributed by atoms with E-state index in [0.717, 1.165) is 16.4 Å². The Hall–Kier alpha value is -1.41. The van der Waals surface area contributed by atoms with E-state index in [0.29, 0.717) is 0 Å². The number of rotatable bonds is 1. The van der Waals surface area contributed by atoms with Crippen LogP contribution in [0.3, 0.4) is 0 Å². The lowest BCUT2D eigenvalue weighted by atomic mass is 10.1. The molecule has 3 radical (unpaired) electrons. The molecule has 0 aliphatic rings. The lowest BCUT2D eigenvalue weighted by molar-refractivity contribution is 1.33. The van der Waals surface area contributed by atoms with Crippen molar-refractivity contribution in [3.63, 3.8) is 0 Å². The Morgan fingerprint density at radius 3 is 2.38 bits per heavy atom. The van der Waals surface area contributed by atoms with Crippen LogP contribution in [0.5, 0.6) is 0 Å². The summed E-state index contributed by atoms with van der Waals surface area (Å²) in [5, 5.41) is 1.07. The average molecular weight is 182 g/mol. The van der Waals surface area contributed by atoms with Crippen LogP contribution in [0.15, 0.2) is 48.7 Å². The molecule has 0 N–H and O–H groups in total. The summed E-state index contributed by atoms with van der Waals surface area (Å²) in [5.41, 5.74) is 2.12. The van der Waals surface area contributed by atoms with E-state index in [2.05, 4.69) is 15.2 Å². The summed E-state index contributed by atoms with van der Waals surface area (Å²) in [6.07, 6.45) is 1.80. The predicted octanol–water partition coefficient (Wildman–Crippen LogP) is 1.54. The van der Waals surface area contributed by atoms with Crippen LogP contribution >= 0.6 is 0 Å². The van der Waals surface area contributed by atoms with Gasteiger partial charge in [0, 0.05) is 6.20 Å². The van der Waals surface area contributed by atoms with Crippen LogP contribution in [0.2, 0.25) is 0 Å². The molecule has 1 heterocycles. The largest absolute Gasteiger partial charge is 0.256 e. The van der Waals surface area contributed by atoms with Gasteiger partial charge in [0.15, 0.2) is 0 Å². The first-order valence-corrected chi connectivity index (χ1v) is 4.60. The van der Waals surface area contributed by atoms with Crippen LogP contribution in [0, 0.1) is 0 Å². The maximum atomic E-state index is 4.28. The Morgan fingerprint density at radius 1 is 0.923 bits per heavy atom. The van der Waals surface area contributed by atoms with Gasteiger partial charge >= 0.3 is 0 Å². The standard InChI is InChI=1S/C11H8NSi/c13-11-7-2-1-5-9(11)10-6-3-4-8-12-10/h1-8H. The van der Waals surface area contributed by atoms with Crippen LogP contribution in [0.4, 0.5) is 0 Å². The van der Waals surface area contributed by atoms with E-state index in [4.69, 9.17) is 0 Å². The quantitative estimate of drug-likeness (QED) is 0.610. The van der Waals surface area contributed by atoms with E-state index in [1.165, 1.54) is 0 Å². The third-order valence-electron chi connectivity index (χ3n) is 1.87. The Labute approximate surface area is 80.9 Å². The van der Waals surface area contributed by atoms with Gasteiger partial charge in [-0.05, 0) is 17.7 Å². The molecule has 2 rings (SSSR count). The second-order valence-electron chi connectivity index (χ2n) is 2.76. The highest BCUT2D eigenvalue weighted by Gasteiger charge is 1.99. The second-order valence-corrected chi connectivity index (χ2v) is 3.30. The van der Waals surface area contributed by atoms with E-state index in [1.54, 1.807) is 6.20 Å². The number of hydrogen-bond acceptors (Lipinski definition) is 1. The summed E-state index contributed by atoms with van der Waals surface area (Å²) >= 11 is 0. The molecular weight excluding hydrogens is 174 g/mol. The minimum atomic E-state index is 0.994. The maximum Gasteiger partial charge on any atom is 0.0721 e. The summed E-state index contributed by atoms with van der Waals surface area (Å²) < 4.78 is 0. The molecule has 2 heteroatoms. The normalized spacial score (nSPS) is 9.92. The van der Waals surface area contributed by atoms with Gasteiger partial charge in [-0.15, -0.1) is 0 Å². The summed E-state index contributed by atoms with van der Waals surface area (Å²) in [4.78, 5) is 4.28. The van der Waals surface area contributed by atoms with Gasteiger partial charge in [0.25, 0.3) is 0 Å². The topological polar surface area (TPSA) is 12.9 Å². The second kappa shape index (κ2) is 3.54. The fraction of sp³-hybridized carbons (Fsp3) is 0. The molecule has 61 valence electrons. The summed E-state index contributed by atoms with van der Waals surface area (Å²) in [6, 6.07) is 14.0. The Balaban J connectivity index is 2.54. The van der Waals surface area contributed by atoms with Crippen molar-refractivity contribution in [2.24, 2.45) is 0 Å². The summed E-state index contributed by atoms with van der Waals surface area (Å²) in [7, 11) is 3.54. The zero-order chi connectivity index (χ0) is 9.10. The van der Waals surface area contributed by atoms with E-state index in [-0.39, 0.29) is 0 Å². The molecule has 0 saturated carbocycles. The van der Waals surface area contributed by atoms with Crippen molar-refractivity contribution < 1.29 is 0 Å². The third kappa shape index (κ3) is 1.68. The van der Waals surface area contributed by atoms with Crippen molar-refractivity contribution in [2.45, 2.75) is 0 Å². The first-order valence-electron chi connectivity index (χ1n) is 4.10. The van der Waals surface area contributed by atoms with Gasteiger partial charge in [-0.1, -0.05) is 35.5 Å². The smallest absolute Gasteiger partial charge is 0.0721 e. The number of aromatic nitrogens is 1. The Kier molecular flexibility index (Phi) is 2.23. The minimum Gasteiger partial charge on any atom is -0.256 e. The zero-order valence-electron chi connectivity index (χ0n) is 7.07. The lowest BCUT2D eigenvalue weighted by Crippen LogP contribution is -2.05. The van der Waals surface area contributed by atoms with Gasteiger partial charge < -0.3 is 0 Å². The molecule has 0 aliphatic heterocycles. The number of benzene rings is 1. The summed E-state index contributed by atoms with van der Waals surface area (Å²) in [5.74, 6) is 0. The van der Waals surface area contributed by atoms with Crippen LogP contribution in [-0.2, 0) is 0 Å². The van der Waals surface area contributed by atoms with Gasteiger partial charge in [0.1, 0.15) is 0 Å². The molecular formula is C11H8NSi. The first kappa shape index (κ1) is 8.20. The maximum absolute atomic E-state index is 4.28. The molecule has 1 aromatic carbocycles. The highest BCUT2D eigenvalue weighted by atomic mass is 28.1.